The van der Waals surface area contributed by atoms with Crippen molar-refractivity contribution in [1.29, 1.82) is 0 Å². The van der Waals surface area contributed by atoms with Gasteiger partial charge in [0.15, 0.2) is 0 Å². The first-order chi connectivity index (χ1) is 6.46. The number of aromatic nitrogens is 1. The van der Waals surface area contributed by atoms with Gasteiger partial charge in [-0.25, -0.2) is 0 Å². The molecule has 0 radical (unpaired) electrons. The van der Waals surface area contributed by atoms with Gasteiger partial charge < -0.3 is 4.57 Å². The summed E-state index contributed by atoms with van der Waals surface area (Å²) in [7, 11) is 0. The van der Waals surface area contributed by atoms with Crippen LogP contribution in [0.4, 0.5) is 13.2 Å². The van der Waals surface area contributed by atoms with E-state index >= 15 is 0 Å². The fourth-order valence-electron chi connectivity index (χ4n) is 1.06. The van der Waals surface area contributed by atoms with Gasteiger partial charge in [-0.05, 0) is 12.1 Å². The first-order valence-corrected chi connectivity index (χ1v) is 3.84. The van der Waals surface area contributed by atoms with Gasteiger partial charge in [0, 0.05) is 12.7 Å². The van der Waals surface area contributed by atoms with Crippen molar-refractivity contribution >= 4 is 5.78 Å². The Labute approximate surface area is 78.6 Å². The number of Topliss-reactive ketones (excluding diaryl/α,β-unsaturated/α-hetero) is 1. The molecule has 0 aliphatic carbocycles. The largest absolute Gasteiger partial charge is 0.456 e. The zero-order valence-electron chi connectivity index (χ0n) is 7.21. The van der Waals surface area contributed by atoms with E-state index in [9.17, 15) is 18.0 Å². The standard InChI is InChI=1S/C9H8F3NO/c1-2-5-13-6-3-4-7(13)8(14)9(10,11)12/h2-4,6H,1,5H2. The number of nitrogens with zero attached hydrogens (tertiary/aromatic N) is 1. The number of hydrogen-bond acceptors (Lipinski definition) is 1. The van der Waals surface area contributed by atoms with E-state index in [1.54, 1.807) is 0 Å². The Balaban J connectivity index is 3.01. The minimum Gasteiger partial charge on any atom is -0.341 e. The fraction of sp³-hybridized carbons (Fsp3) is 0.222. The second-order valence-electron chi connectivity index (χ2n) is 2.66. The normalized spacial score (nSPS) is 11.4. The molecule has 1 rings (SSSR count). The Morgan fingerprint density at radius 3 is 2.71 bits per heavy atom. The van der Waals surface area contributed by atoms with Gasteiger partial charge in [0.05, 0.1) is 5.69 Å². The van der Waals surface area contributed by atoms with Crippen LogP contribution in [0.3, 0.4) is 0 Å². The van der Waals surface area contributed by atoms with E-state index in [1.807, 2.05) is 0 Å². The van der Waals surface area contributed by atoms with E-state index in [2.05, 4.69) is 6.58 Å². The van der Waals surface area contributed by atoms with Crippen molar-refractivity contribution in [1.82, 2.24) is 4.57 Å². The van der Waals surface area contributed by atoms with Crippen molar-refractivity contribution in [3.05, 3.63) is 36.7 Å². The molecule has 0 aliphatic rings. The minimum atomic E-state index is -4.82. The summed E-state index contributed by atoms with van der Waals surface area (Å²) in [5.74, 6) is -1.83. The van der Waals surface area contributed by atoms with Crippen LogP contribution < -0.4 is 0 Å². The molecule has 0 unspecified atom stereocenters. The topological polar surface area (TPSA) is 22.0 Å². The molecule has 0 atom stereocenters. The maximum atomic E-state index is 12.0. The van der Waals surface area contributed by atoms with Crippen LogP contribution in [-0.2, 0) is 6.54 Å². The first-order valence-electron chi connectivity index (χ1n) is 3.84. The molecule has 0 saturated carbocycles. The molecule has 0 saturated heterocycles. The average molecular weight is 203 g/mol. The van der Waals surface area contributed by atoms with Gasteiger partial charge in [0.2, 0.25) is 0 Å². The number of carbonyl (C=O) groups excluding carboxylic acids is 1. The highest BCUT2D eigenvalue weighted by Crippen LogP contribution is 2.21. The summed E-state index contributed by atoms with van der Waals surface area (Å²) >= 11 is 0. The minimum absolute atomic E-state index is 0.185. The van der Waals surface area contributed by atoms with Crippen molar-refractivity contribution in [2.24, 2.45) is 0 Å². The molecule has 0 fully saturated rings. The molecule has 0 spiro atoms. The van der Waals surface area contributed by atoms with E-state index in [4.69, 9.17) is 0 Å². The van der Waals surface area contributed by atoms with Gasteiger partial charge in [-0.2, -0.15) is 13.2 Å². The molecule has 14 heavy (non-hydrogen) atoms. The Kier molecular flexibility index (Phi) is 2.78. The molecule has 76 valence electrons. The molecule has 1 aromatic rings. The molecule has 2 nitrogen and oxygen atoms in total. The predicted octanol–water partition coefficient (Wildman–Crippen LogP) is 2.42. The average Bonchev–Trinajstić information content (AvgIpc) is 2.50. The van der Waals surface area contributed by atoms with Crippen LogP contribution in [-0.4, -0.2) is 16.5 Å². The highest BCUT2D eigenvalue weighted by atomic mass is 19.4. The zero-order chi connectivity index (χ0) is 10.8. The fourth-order valence-corrected chi connectivity index (χ4v) is 1.06. The van der Waals surface area contributed by atoms with Gasteiger partial charge in [0.1, 0.15) is 0 Å². The Bertz CT molecular complexity index is 351. The maximum Gasteiger partial charge on any atom is 0.456 e. The molecule has 1 aromatic heterocycles. The lowest BCUT2D eigenvalue weighted by Gasteiger charge is -2.07. The number of carbonyl (C=O) groups is 1. The number of hydrogen-bond donors (Lipinski definition) is 0. The van der Waals surface area contributed by atoms with E-state index in [1.165, 1.54) is 22.9 Å². The lowest BCUT2D eigenvalue weighted by atomic mass is 10.3. The predicted molar refractivity (Wildman–Crippen MR) is 45.0 cm³/mol. The first kappa shape index (κ1) is 10.6. The monoisotopic (exact) mass is 203 g/mol. The molecule has 0 aliphatic heterocycles. The molecule has 0 aromatic carbocycles. The Hall–Kier alpha value is -1.52. The van der Waals surface area contributed by atoms with Crippen LogP contribution in [0, 0.1) is 0 Å². The number of alkyl halides is 3. The SMILES string of the molecule is C=CCn1cccc1C(=O)C(F)(F)F. The van der Waals surface area contributed by atoms with Crippen molar-refractivity contribution in [3.8, 4) is 0 Å². The third kappa shape index (κ3) is 2.04. The summed E-state index contributed by atoms with van der Waals surface area (Å²) in [6.07, 6.45) is -1.99. The third-order valence-electron chi connectivity index (χ3n) is 1.65. The number of halogens is 3. The molecule has 1 heterocycles. The second-order valence-corrected chi connectivity index (χ2v) is 2.66. The van der Waals surface area contributed by atoms with Crippen molar-refractivity contribution < 1.29 is 18.0 Å². The van der Waals surface area contributed by atoms with Crippen molar-refractivity contribution in [2.45, 2.75) is 12.7 Å². The third-order valence-corrected chi connectivity index (χ3v) is 1.65. The quantitative estimate of drug-likeness (QED) is 0.546. The Morgan fingerprint density at radius 2 is 2.21 bits per heavy atom. The molecule has 0 amide bonds. The van der Waals surface area contributed by atoms with E-state index < -0.39 is 12.0 Å². The van der Waals surface area contributed by atoms with E-state index in [-0.39, 0.29) is 12.2 Å². The van der Waals surface area contributed by atoms with Gasteiger partial charge >= 0.3 is 6.18 Å². The van der Waals surface area contributed by atoms with Crippen LogP contribution in [0.1, 0.15) is 10.5 Å². The number of rotatable bonds is 3. The highest BCUT2D eigenvalue weighted by molar-refractivity contribution is 5.98. The molecule has 0 N–H and O–H groups in total. The number of ketones is 1. The van der Waals surface area contributed by atoms with Gasteiger partial charge in [-0.15, -0.1) is 6.58 Å². The van der Waals surface area contributed by atoms with Gasteiger partial charge in [-0.1, -0.05) is 6.08 Å². The summed E-state index contributed by atoms with van der Waals surface area (Å²) < 4.78 is 37.3. The van der Waals surface area contributed by atoms with Crippen LogP contribution in [0.5, 0.6) is 0 Å². The second kappa shape index (κ2) is 3.69. The molecular formula is C9H8F3NO. The summed E-state index contributed by atoms with van der Waals surface area (Å²) in [6, 6.07) is 2.53. The highest BCUT2D eigenvalue weighted by Gasteiger charge is 2.40. The smallest absolute Gasteiger partial charge is 0.341 e. The Morgan fingerprint density at radius 1 is 1.57 bits per heavy atom. The summed E-state index contributed by atoms with van der Waals surface area (Å²) in [5, 5.41) is 0. The van der Waals surface area contributed by atoms with Crippen LogP contribution in [0.25, 0.3) is 0 Å². The molecule has 0 bridgehead atoms. The zero-order valence-corrected chi connectivity index (χ0v) is 7.21. The van der Waals surface area contributed by atoms with Gasteiger partial charge in [0.25, 0.3) is 5.78 Å². The lowest BCUT2D eigenvalue weighted by molar-refractivity contribution is -0.0890. The van der Waals surface area contributed by atoms with E-state index in [0.717, 1.165) is 6.07 Å². The summed E-state index contributed by atoms with van der Waals surface area (Å²) in [6.45, 7) is 3.57. The number of allylic oxidation sites excluding steroid dienone is 1. The van der Waals surface area contributed by atoms with Crippen LogP contribution >= 0.6 is 0 Å². The van der Waals surface area contributed by atoms with Crippen LogP contribution in [0.2, 0.25) is 0 Å². The molecule has 5 heteroatoms. The van der Waals surface area contributed by atoms with E-state index in [0.29, 0.717) is 0 Å². The summed E-state index contributed by atoms with van der Waals surface area (Å²) in [5.41, 5.74) is -0.364. The van der Waals surface area contributed by atoms with Gasteiger partial charge in [-0.3, -0.25) is 4.79 Å². The lowest BCUT2D eigenvalue weighted by Crippen LogP contribution is -2.25. The van der Waals surface area contributed by atoms with Crippen LogP contribution in [0.15, 0.2) is 31.0 Å². The maximum absolute atomic E-state index is 12.0. The van der Waals surface area contributed by atoms with Crippen molar-refractivity contribution in [2.75, 3.05) is 0 Å². The summed E-state index contributed by atoms with van der Waals surface area (Å²) in [4.78, 5) is 10.8. The molecular weight excluding hydrogens is 195 g/mol. The van der Waals surface area contributed by atoms with Crippen molar-refractivity contribution in [3.63, 3.8) is 0 Å².